The maximum absolute atomic E-state index is 13.0. The van der Waals surface area contributed by atoms with Crippen molar-refractivity contribution in [2.24, 2.45) is 0 Å². The maximum Gasteiger partial charge on any atom is 0.230 e. The average Bonchev–Trinajstić information content (AvgIpc) is 2.93. The summed E-state index contributed by atoms with van der Waals surface area (Å²) < 4.78 is 25.7. The highest BCUT2D eigenvalue weighted by molar-refractivity contribution is 8.00. The summed E-state index contributed by atoms with van der Waals surface area (Å²) in [4.78, 5) is 16.0. The molecule has 2 N–H and O–H groups in total. The van der Waals surface area contributed by atoms with E-state index in [4.69, 9.17) is 0 Å². The van der Waals surface area contributed by atoms with E-state index < -0.39 is 11.6 Å². The number of carbonyl (C=O) groups is 1. The second-order valence-electron chi connectivity index (χ2n) is 3.90. The Morgan fingerprint density at radius 3 is 2.90 bits per heavy atom. The van der Waals surface area contributed by atoms with Gasteiger partial charge in [-0.2, -0.15) is 5.10 Å². The standard InChI is InChI=1S/C12H12F2N4OS/c13-9-2-1-8(5-10(9)14)20-6-12(19)15-4-3-11-16-7-17-18-11/h1-2,5,7H,3-4,6H2,(H,15,19)(H,16,17,18). The van der Waals surface area contributed by atoms with Crippen LogP contribution in [-0.4, -0.2) is 33.4 Å². The number of benzene rings is 1. The van der Waals surface area contributed by atoms with Crippen molar-refractivity contribution < 1.29 is 13.6 Å². The number of halogens is 2. The zero-order valence-electron chi connectivity index (χ0n) is 10.4. The molecule has 0 spiro atoms. The Bertz CT molecular complexity index is 577. The summed E-state index contributed by atoms with van der Waals surface area (Å²) in [5.41, 5.74) is 0. The predicted molar refractivity (Wildman–Crippen MR) is 70.2 cm³/mol. The van der Waals surface area contributed by atoms with Gasteiger partial charge in [0.2, 0.25) is 5.91 Å². The number of nitrogens with zero attached hydrogens (tertiary/aromatic N) is 2. The van der Waals surface area contributed by atoms with Gasteiger partial charge in [0.25, 0.3) is 0 Å². The van der Waals surface area contributed by atoms with E-state index >= 15 is 0 Å². The second kappa shape index (κ2) is 6.99. The first-order valence-electron chi connectivity index (χ1n) is 5.84. The molecule has 2 rings (SSSR count). The topological polar surface area (TPSA) is 70.7 Å². The first-order chi connectivity index (χ1) is 9.65. The number of rotatable bonds is 6. The summed E-state index contributed by atoms with van der Waals surface area (Å²) in [5.74, 6) is -1.16. The lowest BCUT2D eigenvalue weighted by molar-refractivity contribution is -0.118. The molecule has 0 bridgehead atoms. The Kier molecular flexibility index (Phi) is 5.05. The minimum absolute atomic E-state index is 0.140. The quantitative estimate of drug-likeness (QED) is 0.794. The van der Waals surface area contributed by atoms with Crippen LogP contribution in [-0.2, 0) is 11.2 Å². The van der Waals surface area contributed by atoms with E-state index in [0.29, 0.717) is 23.7 Å². The number of hydrogen-bond acceptors (Lipinski definition) is 4. The van der Waals surface area contributed by atoms with E-state index in [0.717, 1.165) is 23.9 Å². The van der Waals surface area contributed by atoms with Gasteiger partial charge in [0.15, 0.2) is 11.6 Å². The van der Waals surface area contributed by atoms with Crippen LogP contribution in [0, 0.1) is 11.6 Å². The molecule has 2 aromatic rings. The molecule has 0 radical (unpaired) electrons. The van der Waals surface area contributed by atoms with Crippen LogP contribution in [0.4, 0.5) is 8.78 Å². The molecule has 0 unspecified atom stereocenters. The fourth-order valence-electron chi connectivity index (χ4n) is 1.44. The zero-order chi connectivity index (χ0) is 14.4. The molecule has 1 amide bonds. The van der Waals surface area contributed by atoms with E-state index in [1.807, 2.05) is 0 Å². The average molecular weight is 298 g/mol. The van der Waals surface area contributed by atoms with E-state index in [1.54, 1.807) is 0 Å². The lowest BCUT2D eigenvalue weighted by Crippen LogP contribution is -2.27. The van der Waals surface area contributed by atoms with Crippen LogP contribution in [0.2, 0.25) is 0 Å². The Hall–Kier alpha value is -1.96. The second-order valence-corrected chi connectivity index (χ2v) is 4.95. The number of carbonyl (C=O) groups excluding carboxylic acids is 1. The van der Waals surface area contributed by atoms with Crippen LogP contribution < -0.4 is 5.32 Å². The highest BCUT2D eigenvalue weighted by Crippen LogP contribution is 2.19. The van der Waals surface area contributed by atoms with Crippen molar-refractivity contribution in [1.29, 1.82) is 0 Å². The molecule has 0 saturated carbocycles. The molecule has 5 nitrogen and oxygen atoms in total. The third-order valence-corrected chi connectivity index (χ3v) is 3.40. The highest BCUT2D eigenvalue weighted by Gasteiger charge is 2.06. The van der Waals surface area contributed by atoms with Crippen molar-refractivity contribution >= 4 is 17.7 Å². The van der Waals surface area contributed by atoms with Gasteiger partial charge in [0.1, 0.15) is 12.2 Å². The molecule has 0 saturated heterocycles. The third-order valence-electron chi connectivity index (χ3n) is 2.41. The molecule has 0 fully saturated rings. The minimum Gasteiger partial charge on any atom is -0.355 e. The Balaban J connectivity index is 1.70. The molecule has 1 aromatic carbocycles. The molecule has 1 aromatic heterocycles. The smallest absolute Gasteiger partial charge is 0.230 e. The zero-order valence-corrected chi connectivity index (χ0v) is 11.2. The first kappa shape index (κ1) is 14.4. The van der Waals surface area contributed by atoms with Gasteiger partial charge in [0, 0.05) is 17.9 Å². The number of H-pyrrole nitrogens is 1. The van der Waals surface area contributed by atoms with Gasteiger partial charge in [-0.05, 0) is 18.2 Å². The Labute approximate surface area is 118 Å². The number of aromatic nitrogens is 3. The molecule has 106 valence electrons. The van der Waals surface area contributed by atoms with Crippen molar-refractivity contribution in [3.8, 4) is 0 Å². The molecule has 0 aliphatic heterocycles. The number of aromatic amines is 1. The van der Waals surface area contributed by atoms with E-state index in [1.165, 1.54) is 12.4 Å². The maximum atomic E-state index is 13.0. The summed E-state index contributed by atoms with van der Waals surface area (Å²) in [5, 5.41) is 9.08. The van der Waals surface area contributed by atoms with Gasteiger partial charge >= 0.3 is 0 Å². The number of thioether (sulfide) groups is 1. The summed E-state index contributed by atoms with van der Waals surface area (Å²) in [6.45, 7) is 0.437. The van der Waals surface area contributed by atoms with Gasteiger partial charge in [-0.3, -0.25) is 9.89 Å². The Morgan fingerprint density at radius 2 is 2.20 bits per heavy atom. The van der Waals surface area contributed by atoms with Crippen LogP contribution in [0.5, 0.6) is 0 Å². The number of amides is 1. The molecule has 0 atom stereocenters. The highest BCUT2D eigenvalue weighted by atomic mass is 32.2. The first-order valence-corrected chi connectivity index (χ1v) is 6.82. The van der Waals surface area contributed by atoms with Crippen LogP contribution in [0.1, 0.15) is 5.82 Å². The van der Waals surface area contributed by atoms with E-state index in [9.17, 15) is 13.6 Å². The normalized spacial score (nSPS) is 10.5. The largest absolute Gasteiger partial charge is 0.355 e. The van der Waals surface area contributed by atoms with Crippen LogP contribution >= 0.6 is 11.8 Å². The fourth-order valence-corrected chi connectivity index (χ4v) is 2.19. The number of hydrogen-bond donors (Lipinski definition) is 2. The summed E-state index contributed by atoms with van der Waals surface area (Å²) in [6.07, 6.45) is 1.96. The molecule has 0 aliphatic carbocycles. The third kappa shape index (κ3) is 4.30. The lowest BCUT2D eigenvalue weighted by atomic mass is 10.3. The van der Waals surface area contributed by atoms with Gasteiger partial charge in [-0.25, -0.2) is 13.8 Å². The van der Waals surface area contributed by atoms with E-state index in [-0.39, 0.29) is 11.7 Å². The van der Waals surface area contributed by atoms with Crippen molar-refractivity contribution in [3.63, 3.8) is 0 Å². The number of nitrogens with one attached hydrogen (secondary N) is 2. The van der Waals surface area contributed by atoms with E-state index in [2.05, 4.69) is 20.5 Å². The van der Waals surface area contributed by atoms with Gasteiger partial charge in [0.05, 0.1) is 5.75 Å². The fraction of sp³-hybridized carbons (Fsp3) is 0.250. The van der Waals surface area contributed by atoms with Crippen LogP contribution in [0.15, 0.2) is 29.4 Å². The molecule has 8 heteroatoms. The predicted octanol–water partition coefficient (Wildman–Crippen LogP) is 1.53. The van der Waals surface area contributed by atoms with Crippen LogP contribution in [0.25, 0.3) is 0 Å². The van der Waals surface area contributed by atoms with Crippen molar-refractivity contribution in [1.82, 2.24) is 20.5 Å². The molecule has 20 heavy (non-hydrogen) atoms. The van der Waals surface area contributed by atoms with Crippen molar-refractivity contribution in [3.05, 3.63) is 42.0 Å². The monoisotopic (exact) mass is 298 g/mol. The summed E-state index contributed by atoms with van der Waals surface area (Å²) in [6, 6.07) is 3.55. The molecule has 0 aliphatic rings. The minimum atomic E-state index is -0.916. The summed E-state index contributed by atoms with van der Waals surface area (Å²) >= 11 is 1.14. The molecule has 1 heterocycles. The lowest BCUT2D eigenvalue weighted by Gasteiger charge is -2.04. The van der Waals surface area contributed by atoms with Crippen molar-refractivity contribution in [2.45, 2.75) is 11.3 Å². The molecular formula is C12H12F2N4OS. The summed E-state index contributed by atoms with van der Waals surface area (Å²) in [7, 11) is 0. The van der Waals surface area contributed by atoms with Gasteiger partial charge < -0.3 is 5.32 Å². The molecular weight excluding hydrogens is 286 g/mol. The van der Waals surface area contributed by atoms with Crippen molar-refractivity contribution in [2.75, 3.05) is 12.3 Å². The van der Waals surface area contributed by atoms with Gasteiger partial charge in [-0.1, -0.05) is 0 Å². The Morgan fingerprint density at radius 1 is 1.35 bits per heavy atom. The SMILES string of the molecule is O=C(CSc1ccc(F)c(F)c1)NCCc1ncn[nH]1. The van der Waals surface area contributed by atoms with Crippen LogP contribution in [0.3, 0.4) is 0 Å². The van der Waals surface area contributed by atoms with Gasteiger partial charge in [-0.15, -0.1) is 11.8 Å².